The van der Waals surface area contributed by atoms with Crippen molar-refractivity contribution >= 4 is 11.9 Å². The second-order valence-corrected chi connectivity index (χ2v) is 4.49. The van der Waals surface area contributed by atoms with Crippen LogP contribution in [0.5, 0.6) is 0 Å². The zero-order valence-electron chi connectivity index (χ0n) is 10.7. The summed E-state index contributed by atoms with van der Waals surface area (Å²) in [5.74, 6) is -1.12. The Hall–Kier alpha value is -1.85. The van der Waals surface area contributed by atoms with Crippen molar-refractivity contribution in [2.24, 2.45) is 13.0 Å². The van der Waals surface area contributed by atoms with Gasteiger partial charge in [0.05, 0.1) is 5.69 Å². The Morgan fingerprint density at radius 1 is 1.50 bits per heavy atom. The van der Waals surface area contributed by atoms with Gasteiger partial charge in [-0.1, -0.05) is 6.92 Å². The van der Waals surface area contributed by atoms with E-state index in [-0.39, 0.29) is 24.7 Å². The van der Waals surface area contributed by atoms with Crippen LogP contribution in [0.25, 0.3) is 0 Å². The van der Waals surface area contributed by atoms with E-state index in [9.17, 15) is 9.59 Å². The van der Waals surface area contributed by atoms with Crippen LogP contribution < -0.4 is 5.32 Å². The summed E-state index contributed by atoms with van der Waals surface area (Å²) < 4.78 is 1.71. The first-order chi connectivity index (χ1) is 8.47. The van der Waals surface area contributed by atoms with E-state index in [2.05, 4.69) is 10.4 Å². The van der Waals surface area contributed by atoms with Crippen LogP contribution >= 0.6 is 0 Å². The molecule has 2 N–H and O–H groups in total. The molecule has 1 rings (SSSR count). The number of amides is 1. The van der Waals surface area contributed by atoms with E-state index < -0.39 is 5.97 Å². The Bertz CT molecular complexity index is 414. The molecule has 100 valence electrons. The largest absolute Gasteiger partial charge is 0.481 e. The predicted octanol–water partition coefficient (Wildman–Crippen LogP) is 0.580. The topological polar surface area (TPSA) is 84.2 Å². The van der Waals surface area contributed by atoms with Crippen LogP contribution in [0.15, 0.2) is 12.3 Å². The standard InChI is InChI=1S/C12H19N3O3/c1-9(8-12(17)18)7-11(16)13-5-3-10-4-6-15(2)14-10/h4,6,9H,3,5,7-8H2,1-2H3,(H,13,16)(H,17,18). The summed E-state index contributed by atoms with van der Waals surface area (Å²) in [7, 11) is 1.84. The van der Waals surface area contributed by atoms with Crippen molar-refractivity contribution in [3.63, 3.8) is 0 Å². The van der Waals surface area contributed by atoms with Gasteiger partial charge in [0.2, 0.25) is 5.91 Å². The summed E-state index contributed by atoms with van der Waals surface area (Å²) >= 11 is 0. The fourth-order valence-electron chi connectivity index (χ4n) is 1.69. The smallest absolute Gasteiger partial charge is 0.303 e. The maximum atomic E-state index is 11.5. The number of aromatic nitrogens is 2. The lowest BCUT2D eigenvalue weighted by molar-refractivity contribution is -0.138. The molecule has 0 fully saturated rings. The van der Waals surface area contributed by atoms with E-state index in [0.717, 1.165) is 5.69 Å². The van der Waals surface area contributed by atoms with E-state index in [1.807, 2.05) is 19.3 Å². The molecule has 0 radical (unpaired) electrons. The zero-order valence-corrected chi connectivity index (χ0v) is 10.7. The second kappa shape index (κ2) is 6.78. The highest BCUT2D eigenvalue weighted by atomic mass is 16.4. The molecule has 1 heterocycles. The van der Waals surface area contributed by atoms with E-state index in [4.69, 9.17) is 5.11 Å². The van der Waals surface area contributed by atoms with Crippen molar-refractivity contribution < 1.29 is 14.7 Å². The molecule has 6 nitrogen and oxygen atoms in total. The minimum absolute atomic E-state index is 0.0215. The van der Waals surface area contributed by atoms with Crippen molar-refractivity contribution in [1.29, 1.82) is 0 Å². The first-order valence-electron chi connectivity index (χ1n) is 5.94. The Labute approximate surface area is 106 Å². The fraction of sp³-hybridized carbons (Fsp3) is 0.583. The number of aliphatic carboxylic acids is 1. The zero-order chi connectivity index (χ0) is 13.5. The van der Waals surface area contributed by atoms with Crippen LogP contribution in [0, 0.1) is 5.92 Å². The number of carboxylic acid groups (broad SMARTS) is 1. The lowest BCUT2D eigenvalue weighted by Crippen LogP contribution is -2.27. The number of nitrogens with one attached hydrogen (secondary N) is 1. The molecule has 0 aliphatic heterocycles. The van der Waals surface area contributed by atoms with E-state index >= 15 is 0 Å². The molecule has 1 aromatic rings. The average molecular weight is 253 g/mol. The van der Waals surface area contributed by atoms with Crippen molar-refractivity contribution in [3.05, 3.63) is 18.0 Å². The van der Waals surface area contributed by atoms with Crippen LogP contribution in [-0.2, 0) is 23.1 Å². The molecule has 0 aliphatic carbocycles. The number of carbonyl (C=O) groups is 2. The summed E-state index contributed by atoms with van der Waals surface area (Å²) in [5.41, 5.74) is 0.927. The molecule has 0 spiro atoms. The highest BCUT2D eigenvalue weighted by molar-refractivity contribution is 5.77. The Morgan fingerprint density at radius 2 is 2.22 bits per heavy atom. The highest BCUT2D eigenvalue weighted by Gasteiger charge is 2.12. The SMILES string of the molecule is CC(CC(=O)O)CC(=O)NCCc1ccn(C)n1. The van der Waals surface area contributed by atoms with Gasteiger partial charge >= 0.3 is 5.97 Å². The Kier molecular flexibility index (Phi) is 5.35. The number of rotatable bonds is 7. The summed E-state index contributed by atoms with van der Waals surface area (Å²) in [6.07, 6.45) is 2.80. The molecule has 1 atom stereocenters. The minimum Gasteiger partial charge on any atom is -0.481 e. The first kappa shape index (κ1) is 14.2. The number of nitrogens with zero attached hydrogens (tertiary/aromatic N) is 2. The summed E-state index contributed by atoms with van der Waals surface area (Å²) in [6.45, 7) is 2.28. The minimum atomic E-state index is -0.871. The van der Waals surface area contributed by atoms with Crippen LogP contribution in [0.2, 0.25) is 0 Å². The van der Waals surface area contributed by atoms with Gasteiger partial charge in [0.15, 0.2) is 0 Å². The summed E-state index contributed by atoms with van der Waals surface area (Å²) in [6, 6.07) is 1.90. The van der Waals surface area contributed by atoms with Crippen LogP contribution in [0.3, 0.4) is 0 Å². The molecule has 0 aromatic carbocycles. The molecule has 0 saturated heterocycles. The molecule has 1 unspecified atom stereocenters. The van der Waals surface area contributed by atoms with E-state index in [1.165, 1.54) is 0 Å². The van der Waals surface area contributed by atoms with E-state index in [1.54, 1.807) is 11.6 Å². The van der Waals surface area contributed by atoms with Gasteiger partial charge in [0, 0.05) is 39.1 Å². The third kappa shape index (κ3) is 5.47. The van der Waals surface area contributed by atoms with Gasteiger partial charge in [-0.2, -0.15) is 5.10 Å². The maximum Gasteiger partial charge on any atom is 0.303 e. The third-order valence-corrected chi connectivity index (χ3v) is 2.53. The molecular weight excluding hydrogens is 234 g/mol. The third-order valence-electron chi connectivity index (χ3n) is 2.53. The van der Waals surface area contributed by atoms with Gasteiger partial charge in [-0.15, -0.1) is 0 Å². The molecule has 18 heavy (non-hydrogen) atoms. The van der Waals surface area contributed by atoms with Crippen molar-refractivity contribution in [2.45, 2.75) is 26.2 Å². The molecule has 0 bridgehead atoms. The number of carboxylic acids is 1. The van der Waals surface area contributed by atoms with Crippen molar-refractivity contribution in [1.82, 2.24) is 15.1 Å². The summed E-state index contributed by atoms with van der Waals surface area (Å²) in [4.78, 5) is 22.0. The van der Waals surface area contributed by atoms with Gasteiger partial charge in [-0.25, -0.2) is 0 Å². The van der Waals surface area contributed by atoms with Crippen LogP contribution in [-0.4, -0.2) is 33.3 Å². The van der Waals surface area contributed by atoms with Gasteiger partial charge in [0.1, 0.15) is 0 Å². The van der Waals surface area contributed by atoms with E-state index in [0.29, 0.717) is 13.0 Å². The number of carbonyl (C=O) groups excluding carboxylic acids is 1. The van der Waals surface area contributed by atoms with Crippen LogP contribution in [0.4, 0.5) is 0 Å². The van der Waals surface area contributed by atoms with Crippen LogP contribution in [0.1, 0.15) is 25.5 Å². The number of hydrogen-bond acceptors (Lipinski definition) is 3. The van der Waals surface area contributed by atoms with Gasteiger partial charge in [-0.3, -0.25) is 14.3 Å². The Balaban J connectivity index is 2.19. The van der Waals surface area contributed by atoms with Gasteiger partial charge in [0.25, 0.3) is 0 Å². The normalized spacial score (nSPS) is 12.1. The lowest BCUT2D eigenvalue weighted by atomic mass is 10.0. The molecule has 6 heteroatoms. The number of hydrogen-bond donors (Lipinski definition) is 2. The van der Waals surface area contributed by atoms with Gasteiger partial charge < -0.3 is 10.4 Å². The molecule has 1 aromatic heterocycles. The predicted molar refractivity (Wildman–Crippen MR) is 66.0 cm³/mol. The average Bonchev–Trinajstić information content (AvgIpc) is 2.62. The van der Waals surface area contributed by atoms with Crippen molar-refractivity contribution in [2.75, 3.05) is 6.54 Å². The molecule has 0 aliphatic rings. The maximum absolute atomic E-state index is 11.5. The highest BCUT2D eigenvalue weighted by Crippen LogP contribution is 2.06. The lowest BCUT2D eigenvalue weighted by Gasteiger charge is -2.08. The Morgan fingerprint density at radius 3 is 2.78 bits per heavy atom. The summed E-state index contributed by atoms with van der Waals surface area (Å²) in [5, 5.41) is 15.5. The quantitative estimate of drug-likeness (QED) is 0.744. The molecule has 0 saturated carbocycles. The monoisotopic (exact) mass is 253 g/mol. The van der Waals surface area contributed by atoms with Crippen molar-refractivity contribution in [3.8, 4) is 0 Å². The van der Waals surface area contributed by atoms with Gasteiger partial charge in [-0.05, 0) is 12.0 Å². The second-order valence-electron chi connectivity index (χ2n) is 4.49. The number of aryl methyl sites for hydroxylation is 1. The molecular formula is C12H19N3O3. The first-order valence-corrected chi connectivity index (χ1v) is 5.94. The fourth-order valence-corrected chi connectivity index (χ4v) is 1.69. The molecule has 1 amide bonds.